The predicted molar refractivity (Wildman–Crippen MR) is 63.3 cm³/mol. The van der Waals surface area contributed by atoms with Gasteiger partial charge in [-0.25, -0.2) is 4.68 Å². The number of carbonyl (C=O) groups is 1. The summed E-state index contributed by atoms with van der Waals surface area (Å²) in [5, 5.41) is 8.78. The van der Waals surface area contributed by atoms with Crippen molar-refractivity contribution in [1.29, 1.82) is 0 Å². The van der Waals surface area contributed by atoms with Crippen LogP contribution in [0.25, 0.3) is 5.69 Å². The highest BCUT2D eigenvalue weighted by Gasteiger charge is 2.46. The first-order chi connectivity index (χ1) is 8.23. The highest BCUT2D eigenvalue weighted by Crippen LogP contribution is 2.45. The highest BCUT2D eigenvalue weighted by molar-refractivity contribution is 6.30. The van der Waals surface area contributed by atoms with E-state index in [1.54, 1.807) is 16.8 Å². The third-order valence-electron chi connectivity index (χ3n) is 3.11. The molecule has 0 spiro atoms. The Morgan fingerprint density at radius 1 is 1.29 bits per heavy atom. The Morgan fingerprint density at radius 2 is 2.00 bits per heavy atom. The molecule has 17 heavy (non-hydrogen) atoms. The van der Waals surface area contributed by atoms with Crippen LogP contribution < -0.4 is 0 Å². The molecule has 0 atom stereocenters. The van der Waals surface area contributed by atoms with Crippen LogP contribution >= 0.6 is 11.6 Å². The van der Waals surface area contributed by atoms with Gasteiger partial charge in [-0.3, -0.25) is 0 Å². The van der Waals surface area contributed by atoms with Crippen LogP contribution in [-0.4, -0.2) is 21.3 Å². The number of hydrogen-bond acceptors (Lipinski definition) is 3. The van der Waals surface area contributed by atoms with E-state index in [0.717, 1.165) is 30.5 Å². The van der Waals surface area contributed by atoms with Gasteiger partial charge < -0.3 is 4.79 Å². The zero-order chi connectivity index (χ0) is 11.9. The van der Waals surface area contributed by atoms with E-state index >= 15 is 0 Å². The molecule has 4 nitrogen and oxygen atoms in total. The molecule has 0 amide bonds. The number of benzene rings is 1. The summed E-state index contributed by atoms with van der Waals surface area (Å²) in [7, 11) is 0. The number of carbonyl (C=O) groups excluding carboxylic acids is 1. The van der Waals surface area contributed by atoms with E-state index in [4.69, 9.17) is 11.6 Å². The van der Waals surface area contributed by atoms with E-state index in [1.165, 1.54) is 0 Å². The van der Waals surface area contributed by atoms with E-state index in [9.17, 15) is 4.79 Å². The fourth-order valence-electron chi connectivity index (χ4n) is 1.78. The summed E-state index contributed by atoms with van der Waals surface area (Å²) in [5.74, 6) is 0. The molecule has 1 heterocycles. The van der Waals surface area contributed by atoms with Gasteiger partial charge in [0.1, 0.15) is 6.29 Å². The molecule has 2 aromatic rings. The summed E-state index contributed by atoms with van der Waals surface area (Å²) >= 11 is 5.82. The molecule has 0 radical (unpaired) electrons. The molecule has 1 aliphatic rings. The van der Waals surface area contributed by atoms with E-state index in [0.29, 0.717) is 5.02 Å². The Hall–Kier alpha value is -1.68. The monoisotopic (exact) mass is 247 g/mol. The molecule has 86 valence electrons. The quantitative estimate of drug-likeness (QED) is 0.781. The van der Waals surface area contributed by atoms with Gasteiger partial charge in [0.05, 0.1) is 23.0 Å². The maximum absolute atomic E-state index is 11.0. The van der Waals surface area contributed by atoms with Gasteiger partial charge >= 0.3 is 0 Å². The average molecular weight is 248 g/mol. The Kier molecular flexibility index (Phi) is 2.26. The van der Waals surface area contributed by atoms with Gasteiger partial charge in [-0.2, -0.15) is 0 Å². The molecule has 1 aromatic heterocycles. The normalized spacial score (nSPS) is 16.8. The van der Waals surface area contributed by atoms with E-state index in [-0.39, 0.29) is 5.41 Å². The van der Waals surface area contributed by atoms with Gasteiger partial charge in [0.15, 0.2) is 0 Å². The molecule has 0 unspecified atom stereocenters. The van der Waals surface area contributed by atoms with Crippen molar-refractivity contribution >= 4 is 17.9 Å². The molecule has 0 aliphatic heterocycles. The van der Waals surface area contributed by atoms with E-state index in [1.807, 2.05) is 18.3 Å². The predicted octanol–water partition coefficient (Wildman–Crippen LogP) is 2.15. The molecule has 0 saturated heterocycles. The second kappa shape index (κ2) is 3.67. The summed E-state index contributed by atoms with van der Waals surface area (Å²) in [4.78, 5) is 11.0. The molecule has 1 saturated carbocycles. The number of rotatable bonds is 3. The average Bonchev–Trinajstić information content (AvgIpc) is 3.00. The van der Waals surface area contributed by atoms with Crippen molar-refractivity contribution in [3.8, 4) is 5.69 Å². The van der Waals surface area contributed by atoms with Gasteiger partial charge in [-0.15, -0.1) is 5.10 Å². The largest absolute Gasteiger partial charge is 0.302 e. The molecule has 1 aliphatic carbocycles. The number of nitrogens with zero attached hydrogens (tertiary/aromatic N) is 3. The van der Waals surface area contributed by atoms with Gasteiger partial charge in [0.2, 0.25) is 0 Å². The van der Waals surface area contributed by atoms with Crippen molar-refractivity contribution in [3.05, 3.63) is 41.2 Å². The maximum Gasteiger partial charge on any atom is 0.132 e. The maximum atomic E-state index is 11.0. The highest BCUT2D eigenvalue weighted by atomic mass is 35.5. The minimum atomic E-state index is -0.370. The summed E-state index contributed by atoms with van der Waals surface area (Å²) in [5.41, 5.74) is 1.27. The lowest BCUT2D eigenvalue weighted by Gasteiger charge is -2.00. The van der Waals surface area contributed by atoms with Crippen molar-refractivity contribution in [2.24, 2.45) is 0 Å². The molecule has 5 heteroatoms. The van der Waals surface area contributed by atoms with Gasteiger partial charge in [0.25, 0.3) is 0 Å². The zero-order valence-corrected chi connectivity index (χ0v) is 9.76. The smallest absolute Gasteiger partial charge is 0.132 e. The Labute approximate surface area is 103 Å². The van der Waals surface area contributed by atoms with Gasteiger partial charge in [-0.05, 0) is 37.1 Å². The molecular weight excluding hydrogens is 238 g/mol. The Morgan fingerprint density at radius 3 is 2.59 bits per heavy atom. The van der Waals surface area contributed by atoms with Crippen LogP contribution in [0.2, 0.25) is 5.02 Å². The summed E-state index contributed by atoms with van der Waals surface area (Å²) in [6.45, 7) is 0. The molecular formula is C12H10ClN3O. The fourth-order valence-corrected chi connectivity index (χ4v) is 1.91. The number of hydrogen-bond donors (Lipinski definition) is 0. The number of halogens is 1. The molecule has 1 fully saturated rings. The third kappa shape index (κ3) is 1.74. The minimum absolute atomic E-state index is 0.370. The van der Waals surface area contributed by atoms with Gasteiger partial charge in [0, 0.05) is 5.02 Å². The van der Waals surface area contributed by atoms with Crippen molar-refractivity contribution in [1.82, 2.24) is 15.0 Å². The van der Waals surface area contributed by atoms with E-state index in [2.05, 4.69) is 10.3 Å². The van der Waals surface area contributed by atoms with Crippen molar-refractivity contribution < 1.29 is 4.79 Å². The first kappa shape index (κ1) is 10.5. The molecule has 0 N–H and O–H groups in total. The van der Waals surface area contributed by atoms with Crippen LogP contribution in [0.5, 0.6) is 0 Å². The van der Waals surface area contributed by atoms with Crippen LogP contribution in [0.1, 0.15) is 18.5 Å². The Balaban J connectivity index is 1.95. The topological polar surface area (TPSA) is 47.8 Å². The van der Waals surface area contributed by atoms with Crippen LogP contribution in [0.15, 0.2) is 30.5 Å². The van der Waals surface area contributed by atoms with Crippen LogP contribution in [-0.2, 0) is 10.2 Å². The second-order valence-corrected chi connectivity index (χ2v) is 4.74. The first-order valence-corrected chi connectivity index (χ1v) is 5.76. The van der Waals surface area contributed by atoms with Crippen molar-refractivity contribution in [3.63, 3.8) is 0 Å². The number of aldehydes is 1. The lowest BCUT2D eigenvalue weighted by atomic mass is 10.1. The SMILES string of the molecule is O=CC1(c2cn(-c3ccc(Cl)cc3)nn2)CC1. The summed E-state index contributed by atoms with van der Waals surface area (Å²) in [6.07, 6.45) is 4.53. The molecule has 0 bridgehead atoms. The molecule has 1 aromatic carbocycles. The first-order valence-electron chi connectivity index (χ1n) is 5.39. The molecule has 3 rings (SSSR count). The fraction of sp³-hybridized carbons (Fsp3) is 0.250. The summed E-state index contributed by atoms with van der Waals surface area (Å²) in [6, 6.07) is 7.32. The van der Waals surface area contributed by atoms with Crippen LogP contribution in [0.3, 0.4) is 0 Å². The summed E-state index contributed by atoms with van der Waals surface area (Å²) < 4.78 is 1.66. The zero-order valence-electron chi connectivity index (χ0n) is 9.01. The van der Waals surface area contributed by atoms with Crippen LogP contribution in [0.4, 0.5) is 0 Å². The third-order valence-corrected chi connectivity index (χ3v) is 3.36. The van der Waals surface area contributed by atoms with E-state index < -0.39 is 0 Å². The van der Waals surface area contributed by atoms with Crippen molar-refractivity contribution in [2.45, 2.75) is 18.3 Å². The lowest BCUT2D eigenvalue weighted by molar-refractivity contribution is -0.109. The van der Waals surface area contributed by atoms with Crippen molar-refractivity contribution in [2.75, 3.05) is 0 Å². The minimum Gasteiger partial charge on any atom is -0.302 e. The Bertz CT molecular complexity index is 557. The second-order valence-electron chi connectivity index (χ2n) is 4.30. The van der Waals surface area contributed by atoms with Gasteiger partial charge in [-0.1, -0.05) is 16.8 Å². The number of aromatic nitrogens is 3. The lowest BCUT2D eigenvalue weighted by Crippen LogP contribution is -2.07. The van der Waals surface area contributed by atoms with Crippen LogP contribution in [0, 0.1) is 0 Å². The standard InChI is InChI=1S/C12H10ClN3O/c13-9-1-3-10(4-2-9)16-7-11(14-15-16)12(8-17)5-6-12/h1-4,7-8H,5-6H2.